The second-order valence-electron chi connectivity index (χ2n) is 7.75. The molecule has 0 bridgehead atoms. The van der Waals surface area contributed by atoms with Gasteiger partial charge in [-0.15, -0.1) is 0 Å². The number of amides is 1. The Kier molecular flexibility index (Phi) is 7.26. The number of carbonyl (C=O) groups is 2. The van der Waals surface area contributed by atoms with Crippen LogP contribution in [0.15, 0.2) is 62.8 Å². The molecule has 9 heteroatoms. The summed E-state index contributed by atoms with van der Waals surface area (Å²) in [5.74, 6) is -0.154. The van der Waals surface area contributed by atoms with Gasteiger partial charge in [0, 0.05) is 0 Å². The number of hydrogen-bond donors (Lipinski definition) is 2. The average molecular weight is 493 g/mol. The molecule has 180 valence electrons. The summed E-state index contributed by atoms with van der Waals surface area (Å²) in [6.45, 7) is 6.39. The van der Waals surface area contributed by atoms with Crippen LogP contribution in [0.25, 0.3) is 6.08 Å². The Bertz CT molecular complexity index is 1340. The highest BCUT2D eigenvalue weighted by atomic mass is 32.2. The summed E-state index contributed by atoms with van der Waals surface area (Å²) >= 11 is 1.27. The molecule has 1 amide bonds. The summed E-state index contributed by atoms with van der Waals surface area (Å²) in [5, 5.41) is 12.3. The van der Waals surface area contributed by atoms with Gasteiger partial charge in [0.05, 0.1) is 17.2 Å². The van der Waals surface area contributed by atoms with Crippen LogP contribution in [0.3, 0.4) is 0 Å². The Morgan fingerprint density at radius 2 is 1.91 bits per heavy atom. The third-order valence-electron chi connectivity index (χ3n) is 5.18. The van der Waals surface area contributed by atoms with Gasteiger partial charge in [-0.3, -0.25) is 4.79 Å². The van der Waals surface area contributed by atoms with Gasteiger partial charge >= 0.3 is 5.97 Å². The quantitative estimate of drug-likeness (QED) is 0.402. The standard InChI is InChI=1S/C26H24N2O6S/c1-4-32-22-12-17(6-9-20(22)33-14-19-8-10-21(34-19)25(30)31)13-23-24(29)28-26(35-23)27-18-7-5-15(2)16(3)11-18/h5-13H,4,14H2,1-3H3,(H,30,31)(H,27,28,29). The van der Waals surface area contributed by atoms with Crippen LogP contribution >= 0.6 is 11.8 Å². The first-order chi connectivity index (χ1) is 16.8. The van der Waals surface area contributed by atoms with Gasteiger partial charge in [-0.05, 0) is 91.7 Å². The van der Waals surface area contributed by atoms with Crippen LogP contribution in [0, 0.1) is 13.8 Å². The molecule has 2 heterocycles. The van der Waals surface area contributed by atoms with Crippen LogP contribution in [0.5, 0.6) is 11.5 Å². The minimum absolute atomic E-state index is 0.0460. The first kappa shape index (κ1) is 24.2. The molecule has 1 aliphatic heterocycles. The molecule has 0 atom stereocenters. The zero-order valence-electron chi connectivity index (χ0n) is 19.5. The number of ether oxygens (including phenoxy) is 2. The van der Waals surface area contributed by atoms with E-state index in [0.717, 1.165) is 16.8 Å². The Hall–Kier alpha value is -3.98. The molecule has 4 rings (SSSR count). The van der Waals surface area contributed by atoms with E-state index < -0.39 is 5.97 Å². The molecular formula is C26H24N2O6S. The molecular weight excluding hydrogens is 468 g/mol. The first-order valence-corrected chi connectivity index (χ1v) is 11.7. The van der Waals surface area contributed by atoms with Crippen molar-refractivity contribution in [2.75, 3.05) is 6.61 Å². The predicted molar refractivity (Wildman–Crippen MR) is 134 cm³/mol. The minimum Gasteiger partial charge on any atom is -0.490 e. The summed E-state index contributed by atoms with van der Waals surface area (Å²) in [6, 6.07) is 14.2. The number of nitrogens with zero attached hydrogens (tertiary/aromatic N) is 1. The summed E-state index contributed by atoms with van der Waals surface area (Å²) in [4.78, 5) is 28.5. The lowest BCUT2D eigenvalue weighted by Gasteiger charge is -2.12. The highest BCUT2D eigenvalue weighted by Crippen LogP contribution is 2.33. The third-order valence-corrected chi connectivity index (χ3v) is 6.09. The molecule has 2 N–H and O–H groups in total. The van der Waals surface area contributed by atoms with Gasteiger partial charge in [0.25, 0.3) is 5.91 Å². The highest BCUT2D eigenvalue weighted by Gasteiger charge is 2.24. The lowest BCUT2D eigenvalue weighted by Crippen LogP contribution is -2.19. The number of hydrogen-bond acceptors (Lipinski definition) is 7. The second-order valence-corrected chi connectivity index (χ2v) is 8.78. The molecule has 0 spiro atoms. The van der Waals surface area contributed by atoms with Gasteiger partial charge in [0.1, 0.15) is 12.4 Å². The molecule has 1 saturated heterocycles. The van der Waals surface area contributed by atoms with Crippen molar-refractivity contribution in [1.29, 1.82) is 0 Å². The zero-order chi connectivity index (χ0) is 24.9. The monoisotopic (exact) mass is 492 g/mol. The first-order valence-electron chi connectivity index (χ1n) is 10.9. The van der Waals surface area contributed by atoms with E-state index in [-0.39, 0.29) is 18.3 Å². The number of carbonyl (C=O) groups excluding carboxylic acids is 1. The topological polar surface area (TPSA) is 110 Å². The Balaban J connectivity index is 1.49. The minimum atomic E-state index is -1.14. The van der Waals surface area contributed by atoms with Gasteiger partial charge in [-0.1, -0.05) is 12.1 Å². The Labute approximate surface area is 206 Å². The maximum absolute atomic E-state index is 12.5. The van der Waals surface area contributed by atoms with Crippen LogP contribution in [0.1, 0.15) is 39.9 Å². The highest BCUT2D eigenvalue weighted by molar-refractivity contribution is 8.18. The van der Waals surface area contributed by atoms with Crippen LogP contribution < -0.4 is 14.8 Å². The molecule has 0 radical (unpaired) electrons. The third kappa shape index (κ3) is 5.93. The normalized spacial score (nSPS) is 15.5. The van der Waals surface area contributed by atoms with Gasteiger partial charge in [-0.2, -0.15) is 0 Å². The number of nitrogens with one attached hydrogen (secondary N) is 1. The van der Waals surface area contributed by atoms with Gasteiger partial charge in [-0.25, -0.2) is 9.79 Å². The van der Waals surface area contributed by atoms with E-state index >= 15 is 0 Å². The smallest absolute Gasteiger partial charge is 0.371 e. The van der Waals surface area contributed by atoms with E-state index in [0.29, 0.717) is 33.9 Å². The molecule has 0 unspecified atom stereocenters. The second kappa shape index (κ2) is 10.5. The zero-order valence-corrected chi connectivity index (χ0v) is 20.3. The number of aromatic carboxylic acids is 1. The lowest BCUT2D eigenvalue weighted by molar-refractivity contribution is -0.115. The fourth-order valence-electron chi connectivity index (χ4n) is 3.27. The summed E-state index contributed by atoms with van der Waals surface area (Å²) in [6.07, 6.45) is 1.76. The molecule has 35 heavy (non-hydrogen) atoms. The molecule has 1 aliphatic rings. The number of benzene rings is 2. The largest absolute Gasteiger partial charge is 0.490 e. The van der Waals surface area contributed by atoms with Crippen LogP contribution in [0.2, 0.25) is 0 Å². The Morgan fingerprint density at radius 3 is 2.63 bits per heavy atom. The number of carboxylic acid groups (broad SMARTS) is 1. The van der Waals surface area contributed by atoms with Crippen LogP contribution in [-0.4, -0.2) is 28.8 Å². The number of aliphatic imine (C=N–C) groups is 1. The van der Waals surface area contributed by atoms with Gasteiger partial charge < -0.3 is 24.3 Å². The summed E-state index contributed by atoms with van der Waals surface area (Å²) < 4.78 is 16.7. The number of carboxylic acids is 1. The van der Waals surface area contributed by atoms with E-state index in [1.165, 1.54) is 23.4 Å². The van der Waals surface area contributed by atoms with Crippen molar-refractivity contribution in [3.05, 3.63) is 81.6 Å². The van der Waals surface area contributed by atoms with Crippen molar-refractivity contribution in [1.82, 2.24) is 5.32 Å². The van der Waals surface area contributed by atoms with Crippen LogP contribution in [0.4, 0.5) is 5.69 Å². The fraction of sp³-hybridized carbons (Fsp3) is 0.192. The van der Waals surface area contributed by atoms with Crippen molar-refractivity contribution in [2.45, 2.75) is 27.4 Å². The SMILES string of the molecule is CCOc1cc(C=C2SC(=Nc3ccc(C)c(C)c3)NC2=O)ccc1OCc1ccc(C(=O)O)o1. The van der Waals surface area contributed by atoms with E-state index in [9.17, 15) is 9.59 Å². The summed E-state index contributed by atoms with van der Waals surface area (Å²) in [5.41, 5.74) is 3.86. The number of rotatable bonds is 8. The maximum Gasteiger partial charge on any atom is 0.371 e. The Morgan fingerprint density at radius 1 is 1.09 bits per heavy atom. The molecule has 0 saturated carbocycles. The van der Waals surface area contributed by atoms with Gasteiger partial charge in [0.2, 0.25) is 5.76 Å². The molecule has 3 aromatic rings. The van der Waals surface area contributed by atoms with Crippen molar-refractivity contribution in [3.63, 3.8) is 0 Å². The number of furan rings is 1. The van der Waals surface area contributed by atoms with Crippen LogP contribution in [-0.2, 0) is 11.4 Å². The average Bonchev–Trinajstić information content (AvgIpc) is 3.43. The lowest BCUT2D eigenvalue weighted by atomic mass is 10.1. The van der Waals surface area contributed by atoms with E-state index in [1.807, 2.05) is 45.0 Å². The molecule has 0 aliphatic carbocycles. The number of thioether (sulfide) groups is 1. The van der Waals surface area contributed by atoms with Crippen molar-refractivity contribution >= 4 is 40.6 Å². The summed E-state index contributed by atoms with van der Waals surface area (Å²) in [7, 11) is 0. The number of aryl methyl sites for hydroxylation is 2. The van der Waals surface area contributed by atoms with E-state index in [2.05, 4.69) is 10.3 Å². The van der Waals surface area contributed by atoms with Crippen molar-refractivity contribution < 1.29 is 28.6 Å². The fourth-order valence-corrected chi connectivity index (χ4v) is 4.11. The predicted octanol–water partition coefficient (Wildman–Crippen LogP) is 5.46. The van der Waals surface area contributed by atoms with Crippen molar-refractivity contribution in [2.24, 2.45) is 4.99 Å². The number of amidine groups is 1. The van der Waals surface area contributed by atoms with E-state index in [4.69, 9.17) is 19.0 Å². The van der Waals surface area contributed by atoms with Gasteiger partial charge in [0.15, 0.2) is 16.7 Å². The molecule has 8 nitrogen and oxygen atoms in total. The molecule has 2 aromatic carbocycles. The van der Waals surface area contributed by atoms with Crippen molar-refractivity contribution in [3.8, 4) is 11.5 Å². The maximum atomic E-state index is 12.5. The molecule has 1 fully saturated rings. The van der Waals surface area contributed by atoms with E-state index in [1.54, 1.807) is 24.3 Å². The molecule has 1 aromatic heterocycles.